The van der Waals surface area contributed by atoms with Crippen LogP contribution < -0.4 is 5.32 Å². The van der Waals surface area contributed by atoms with E-state index in [1.54, 1.807) is 13.4 Å². The third kappa shape index (κ3) is 5.35. The number of hydrogen-bond acceptors (Lipinski definition) is 4. The molecule has 1 aromatic heterocycles. The number of methoxy groups -OCH3 is 1. The monoisotopic (exact) mass is 268 g/mol. The predicted molar refractivity (Wildman–Crippen MR) is 78.1 cm³/mol. The van der Waals surface area contributed by atoms with Crippen LogP contribution in [0.25, 0.3) is 0 Å². The van der Waals surface area contributed by atoms with Gasteiger partial charge in [-0.05, 0) is 19.5 Å². The lowest BCUT2D eigenvalue weighted by atomic mass is 10.2. The minimum atomic E-state index is 0.394. The number of likely N-dealkylation sites (N-methyl/N-ethyl adjacent to an activating group) is 1. The van der Waals surface area contributed by atoms with E-state index in [1.807, 2.05) is 0 Å². The summed E-state index contributed by atoms with van der Waals surface area (Å²) >= 11 is 0. The van der Waals surface area contributed by atoms with E-state index in [0.717, 1.165) is 32.0 Å². The van der Waals surface area contributed by atoms with Crippen molar-refractivity contribution in [1.82, 2.24) is 10.2 Å². The van der Waals surface area contributed by atoms with Gasteiger partial charge in [0.05, 0.1) is 19.4 Å². The van der Waals surface area contributed by atoms with Crippen molar-refractivity contribution in [3.63, 3.8) is 0 Å². The van der Waals surface area contributed by atoms with Crippen molar-refractivity contribution in [2.75, 3.05) is 20.3 Å². The highest BCUT2D eigenvalue weighted by atomic mass is 16.5. The summed E-state index contributed by atoms with van der Waals surface area (Å²) in [7, 11) is 1.75. The molecular formula is C15H28N2O2. The Morgan fingerprint density at radius 2 is 2.11 bits per heavy atom. The van der Waals surface area contributed by atoms with E-state index in [4.69, 9.17) is 9.15 Å². The molecule has 0 bridgehead atoms. The molecule has 4 heteroatoms. The molecule has 0 saturated heterocycles. The van der Waals surface area contributed by atoms with E-state index in [9.17, 15) is 0 Å². The van der Waals surface area contributed by atoms with Crippen LogP contribution in [0.15, 0.2) is 16.7 Å². The summed E-state index contributed by atoms with van der Waals surface area (Å²) in [6.45, 7) is 12.1. The molecule has 0 aliphatic rings. The molecule has 1 unspecified atom stereocenters. The summed E-state index contributed by atoms with van der Waals surface area (Å²) in [6, 6.07) is 2.93. The van der Waals surface area contributed by atoms with Crippen molar-refractivity contribution in [3.05, 3.63) is 23.7 Å². The highest BCUT2D eigenvalue weighted by molar-refractivity contribution is 5.17. The maximum absolute atomic E-state index is 5.64. The molecule has 1 heterocycles. The first-order valence-electron chi connectivity index (χ1n) is 7.10. The third-order valence-electron chi connectivity index (χ3n) is 3.32. The Balaban J connectivity index is 2.61. The zero-order chi connectivity index (χ0) is 14.3. The number of ether oxygens (including phenoxy) is 1. The maximum atomic E-state index is 5.64. The van der Waals surface area contributed by atoms with E-state index >= 15 is 0 Å². The SMILES string of the molecule is CCN(Cc1occc1CNC(C)C)C(C)COC. The average molecular weight is 268 g/mol. The second kappa shape index (κ2) is 8.35. The Morgan fingerprint density at radius 1 is 1.37 bits per heavy atom. The highest BCUT2D eigenvalue weighted by Gasteiger charge is 2.16. The van der Waals surface area contributed by atoms with Crippen LogP contribution in [0.2, 0.25) is 0 Å². The molecule has 1 aromatic rings. The normalized spacial score (nSPS) is 13.4. The molecule has 1 rings (SSSR count). The summed E-state index contributed by atoms with van der Waals surface area (Å²) in [4.78, 5) is 2.36. The fourth-order valence-electron chi connectivity index (χ4n) is 2.09. The number of nitrogens with one attached hydrogen (secondary N) is 1. The first kappa shape index (κ1) is 16.2. The van der Waals surface area contributed by atoms with Crippen molar-refractivity contribution in [1.29, 1.82) is 0 Å². The Hall–Kier alpha value is -0.840. The topological polar surface area (TPSA) is 37.6 Å². The van der Waals surface area contributed by atoms with Gasteiger partial charge in [-0.3, -0.25) is 4.90 Å². The van der Waals surface area contributed by atoms with E-state index in [1.165, 1.54) is 5.56 Å². The second-order valence-corrected chi connectivity index (χ2v) is 5.27. The first-order chi connectivity index (χ1) is 9.08. The molecule has 0 radical (unpaired) electrons. The van der Waals surface area contributed by atoms with E-state index in [2.05, 4.69) is 44.0 Å². The molecule has 0 fully saturated rings. The van der Waals surface area contributed by atoms with Crippen LogP contribution in [-0.4, -0.2) is 37.2 Å². The summed E-state index contributed by atoms with van der Waals surface area (Å²) in [6.07, 6.45) is 1.78. The van der Waals surface area contributed by atoms with Gasteiger partial charge >= 0.3 is 0 Å². The minimum absolute atomic E-state index is 0.394. The van der Waals surface area contributed by atoms with Crippen molar-refractivity contribution in [2.24, 2.45) is 0 Å². The lowest BCUT2D eigenvalue weighted by Crippen LogP contribution is -2.35. The molecule has 1 atom stereocenters. The Kier molecular flexibility index (Phi) is 7.13. The Labute approximate surface area is 117 Å². The molecule has 0 spiro atoms. The average Bonchev–Trinajstić information content (AvgIpc) is 2.80. The number of rotatable bonds is 9. The largest absolute Gasteiger partial charge is 0.468 e. The molecule has 0 amide bonds. The van der Waals surface area contributed by atoms with Crippen LogP contribution in [0.3, 0.4) is 0 Å². The van der Waals surface area contributed by atoms with Gasteiger partial charge in [0.25, 0.3) is 0 Å². The summed E-state index contributed by atoms with van der Waals surface area (Å²) in [5.74, 6) is 1.05. The zero-order valence-electron chi connectivity index (χ0n) is 12.9. The molecule has 0 aromatic carbocycles. The van der Waals surface area contributed by atoms with Gasteiger partial charge < -0.3 is 14.5 Å². The lowest BCUT2D eigenvalue weighted by molar-refractivity contribution is 0.0933. The molecule has 19 heavy (non-hydrogen) atoms. The van der Waals surface area contributed by atoms with Crippen LogP contribution in [0.1, 0.15) is 39.0 Å². The lowest BCUT2D eigenvalue weighted by Gasteiger charge is -2.26. The Bertz CT molecular complexity index is 350. The Morgan fingerprint density at radius 3 is 2.68 bits per heavy atom. The summed E-state index contributed by atoms with van der Waals surface area (Å²) in [5, 5.41) is 3.43. The van der Waals surface area contributed by atoms with Gasteiger partial charge in [-0.15, -0.1) is 0 Å². The predicted octanol–water partition coefficient (Wildman–Crippen LogP) is 2.63. The van der Waals surface area contributed by atoms with Crippen LogP contribution in [0.4, 0.5) is 0 Å². The number of nitrogens with zero attached hydrogens (tertiary/aromatic N) is 1. The highest BCUT2D eigenvalue weighted by Crippen LogP contribution is 2.15. The van der Waals surface area contributed by atoms with Gasteiger partial charge in [-0.2, -0.15) is 0 Å². The molecule has 0 aliphatic heterocycles. The maximum Gasteiger partial charge on any atom is 0.122 e. The van der Waals surface area contributed by atoms with Crippen molar-refractivity contribution in [2.45, 2.75) is 52.9 Å². The smallest absolute Gasteiger partial charge is 0.122 e. The van der Waals surface area contributed by atoms with Gasteiger partial charge in [0.1, 0.15) is 5.76 Å². The van der Waals surface area contributed by atoms with E-state index in [0.29, 0.717) is 12.1 Å². The van der Waals surface area contributed by atoms with Crippen LogP contribution in [0, 0.1) is 0 Å². The van der Waals surface area contributed by atoms with E-state index in [-0.39, 0.29) is 0 Å². The molecule has 1 N–H and O–H groups in total. The number of furan rings is 1. The van der Waals surface area contributed by atoms with Gasteiger partial charge in [0.15, 0.2) is 0 Å². The van der Waals surface area contributed by atoms with Crippen molar-refractivity contribution < 1.29 is 9.15 Å². The summed E-state index contributed by atoms with van der Waals surface area (Å²) < 4.78 is 10.9. The standard InChI is InChI=1S/C15H28N2O2/c1-6-17(13(4)11-18-5)10-15-14(7-8-19-15)9-16-12(2)3/h7-8,12-13,16H,6,9-11H2,1-5H3. The van der Waals surface area contributed by atoms with Gasteiger partial charge in [-0.1, -0.05) is 20.8 Å². The zero-order valence-corrected chi connectivity index (χ0v) is 12.9. The molecular weight excluding hydrogens is 240 g/mol. The quantitative estimate of drug-likeness (QED) is 0.747. The fraction of sp³-hybridized carbons (Fsp3) is 0.733. The fourth-order valence-corrected chi connectivity index (χ4v) is 2.09. The second-order valence-electron chi connectivity index (χ2n) is 5.27. The first-order valence-corrected chi connectivity index (χ1v) is 7.10. The molecule has 110 valence electrons. The van der Waals surface area contributed by atoms with E-state index < -0.39 is 0 Å². The molecule has 4 nitrogen and oxygen atoms in total. The number of hydrogen-bond donors (Lipinski definition) is 1. The third-order valence-corrected chi connectivity index (χ3v) is 3.32. The minimum Gasteiger partial charge on any atom is -0.468 e. The van der Waals surface area contributed by atoms with Gasteiger partial charge in [0.2, 0.25) is 0 Å². The van der Waals surface area contributed by atoms with Crippen molar-refractivity contribution in [3.8, 4) is 0 Å². The summed E-state index contributed by atoms with van der Waals surface area (Å²) in [5.41, 5.74) is 1.25. The van der Waals surface area contributed by atoms with Crippen LogP contribution >= 0.6 is 0 Å². The van der Waals surface area contributed by atoms with Crippen LogP contribution in [0.5, 0.6) is 0 Å². The van der Waals surface area contributed by atoms with Gasteiger partial charge in [-0.25, -0.2) is 0 Å². The molecule has 0 saturated carbocycles. The molecule has 0 aliphatic carbocycles. The van der Waals surface area contributed by atoms with Gasteiger partial charge in [0, 0.05) is 31.3 Å². The van der Waals surface area contributed by atoms with Crippen molar-refractivity contribution >= 4 is 0 Å². The van der Waals surface area contributed by atoms with Crippen LogP contribution in [-0.2, 0) is 17.8 Å².